The first-order valence-corrected chi connectivity index (χ1v) is 4.99. The second-order valence-electron chi connectivity index (χ2n) is 3.81. The summed E-state index contributed by atoms with van der Waals surface area (Å²) in [6.45, 7) is 2.42. The minimum atomic E-state index is -0.566. The first kappa shape index (κ1) is 10.6. The molecule has 84 valence electrons. The standard InChI is InChI=1S/C11H12FN3O/c1-7-6-15(11(13)16)14-10(7)8-2-4-9(12)5-3-8/h2-5,7H,6H2,1H3,(H2,13,16). The predicted octanol–water partition coefficient (Wildman–Crippen LogP) is 1.56. The van der Waals surface area contributed by atoms with Gasteiger partial charge in [0.05, 0.1) is 12.3 Å². The first-order chi connectivity index (χ1) is 7.58. The van der Waals surface area contributed by atoms with E-state index in [9.17, 15) is 9.18 Å². The molecule has 1 aromatic carbocycles. The number of nitrogens with two attached hydrogens (primary N) is 1. The number of carbonyl (C=O) groups is 1. The molecule has 0 aromatic heterocycles. The number of halogens is 1. The molecule has 0 spiro atoms. The summed E-state index contributed by atoms with van der Waals surface area (Å²) in [4.78, 5) is 11.0. The fourth-order valence-corrected chi connectivity index (χ4v) is 1.72. The summed E-state index contributed by atoms with van der Waals surface area (Å²) in [6, 6.07) is 5.48. The van der Waals surface area contributed by atoms with Crippen LogP contribution in [0.3, 0.4) is 0 Å². The lowest BCUT2D eigenvalue weighted by molar-refractivity contribution is 0.212. The van der Waals surface area contributed by atoms with Gasteiger partial charge in [-0.3, -0.25) is 0 Å². The molecule has 2 N–H and O–H groups in total. The van der Waals surface area contributed by atoms with Crippen molar-refractivity contribution >= 4 is 11.7 Å². The van der Waals surface area contributed by atoms with Crippen LogP contribution in [0.4, 0.5) is 9.18 Å². The molecule has 1 heterocycles. The largest absolute Gasteiger partial charge is 0.350 e. The van der Waals surface area contributed by atoms with Crippen LogP contribution in [0.5, 0.6) is 0 Å². The molecule has 0 saturated carbocycles. The van der Waals surface area contributed by atoms with E-state index >= 15 is 0 Å². The zero-order valence-electron chi connectivity index (χ0n) is 8.85. The molecule has 1 aliphatic heterocycles. The number of benzene rings is 1. The van der Waals surface area contributed by atoms with E-state index in [4.69, 9.17) is 5.73 Å². The van der Waals surface area contributed by atoms with Crippen LogP contribution in [-0.2, 0) is 0 Å². The lowest BCUT2D eigenvalue weighted by Gasteiger charge is -2.07. The Morgan fingerprint density at radius 1 is 1.50 bits per heavy atom. The average molecular weight is 221 g/mol. The summed E-state index contributed by atoms with van der Waals surface area (Å²) in [6.07, 6.45) is 0. The summed E-state index contributed by atoms with van der Waals surface area (Å²) < 4.78 is 12.8. The number of hydrogen-bond acceptors (Lipinski definition) is 2. The van der Waals surface area contributed by atoms with Gasteiger partial charge in [0.2, 0.25) is 0 Å². The summed E-state index contributed by atoms with van der Waals surface area (Å²) >= 11 is 0. The van der Waals surface area contributed by atoms with E-state index in [1.807, 2.05) is 6.92 Å². The normalized spacial score (nSPS) is 19.8. The average Bonchev–Trinajstić information content (AvgIpc) is 2.62. The Hall–Kier alpha value is -1.91. The topological polar surface area (TPSA) is 58.7 Å². The molecule has 0 fully saturated rings. The van der Waals surface area contributed by atoms with E-state index in [0.29, 0.717) is 6.54 Å². The van der Waals surface area contributed by atoms with Crippen molar-refractivity contribution in [1.29, 1.82) is 0 Å². The van der Waals surface area contributed by atoms with E-state index in [-0.39, 0.29) is 11.7 Å². The third kappa shape index (κ3) is 1.88. The molecule has 1 aliphatic rings. The van der Waals surface area contributed by atoms with Gasteiger partial charge < -0.3 is 5.73 Å². The number of carbonyl (C=O) groups excluding carboxylic acids is 1. The van der Waals surface area contributed by atoms with Crippen LogP contribution >= 0.6 is 0 Å². The van der Waals surface area contributed by atoms with Crippen LogP contribution in [0, 0.1) is 11.7 Å². The van der Waals surface area contributed by atoms with Gasteiger partial charge in [0.1, 0.15) is 5.82 Å². The number of nitrogens with zero attached hydrogens (tertiary/aromatic N) is 2. The Morgan fingerprint density at radius 3 is 2.62 bits per heavy atom. The zero-order valence-corrected chi connectivity index (χ0v) is 8.85. The fraction of sp³-hybridized carbons (Fsp3) is 0.273. The Morgan fingerprint density at radius 2 is 2.12 bits per heavy atom. The monoisotopic (exact) mass is 221 g/mol. The molecule has 16 heavy (non-hydrogen) atoms. The highest BCUT2D eigenvalue weighted by Crippen LogP contribution is 2.19. The van der Waals surface area contributed by atoms with Gasteiger partial charge in [-0.25, -0.2) is 14.2 Å². The molecular weight excluding hydrogens is 209 g/mol. The fourth-order valence-electron chi connectivity index (χ4n) is 1.72. The minimum Gasteiger partial charge on any atom is -0.350 e. The molecule has 0 saturated heterocycles. The zero-order chi connectivity index (χ0) is 11.7. The van der Waals surface area contributed by atoms with Gasteiger partial charge in [0.15, 0.2) is 0 Å². The number of hydrogen-bond donors (Lipinski definition) is 1. The van der Waals surface area contributed by atoms with Crippen molar-refractivity contribution in [3.63, 3.8) is 0 Å². The Labute approximate surface area is 92.5 Å². The molecular formula is C11H12FN3O. The number of amides is 2. The highest BCUT2D eigenvalue weighted by Gasteiger charge is 2.26. The second-order valence-corrected chi connectivity index (χ2v) is 3.81. The minimum absolute atomic E-state index is 0.109. The Bertz CT molecular complexity index is 441. The van der Waals surface area contributed by atoms with Gasteiger partial charge in [0.25, 0.3) is 0 Å². The molecule has 1 atom stereocenters. The SMILES string of the molecule is CC1CN(C(N)=O)N=C1c1ccc(F)cc1. The highest BCUT2D eigenvalue weighted by atomic mass is 19.1. The van der Waals surface area contributed by atoms with Gasteiger partial charge in [0, 0.05) is 5.92 Å². The van der Waals surface area contributed by atoms with E-state index < -0.39 is 6.03 Å². The van der Waals surface area contributed by atoms with Gasteiger partial charge in [-0.15, -0.1) is 0 Å². The van der Waals surface area contributed by atoms with Crippen molar-refractivity contribution in [2.24, 2.45) is 16.8 Å². The molecule has 4 nitrogen and oxygen atoms in total. The summed E-state index contributed by atoms with van der Waals surface area (Å²) in [5.74, 6) is -0.181. The number of rotatable bonds is 1. The number of hydrazone groups is 1. The predicted molar refractivity (Wildman–Crippen MR) is 58.4 cm³/mol. The van der Waals surface area contributed by atoms with E-state index in [1.165, 1.54) is 17.1 Å². The van der Waals surface area contributed by atoms with Crippen LogP contribution in [0.25, 0.3) is 0 Å². The van der Waals surface area contributed by atoms with Gasteiger partial charge in [-0.2, -0.15) is 5.10 Å². The van der Waals surface area contributed by atoms with Crippen molar-refractivity contribution < 1.29 is 9.18 Å². The molecule has 1 aromatic rings. The maximum atomic E-state index is 12.8. The van der Waals surface area contributed by atoms with Crippen LogP contribution < -0.4 is 5.73 Å². The molecule has 2 rings (SSSR count). The molecule has 0 radical (unpaired) electrons. The second kappa shape index (κ2) is 3.92. The van der Waals surface area contributed by atoms with Crippen molar-refractivity contribution in [3.05, 3.63) is 35.6 Å². The molecule has 0 aliphatic carbocycles. The molecule has 5 heteroatoms. The third-order valence-corrected chi connectivity index (χ3v) is 2.54. The van der Waals surface area contributed by atoms with Crippen LogP contribution in [0.2, 0.25) is 0 Å². The van der Waals surface area contributed by atoms with E-state index in [1.54, 1.807) is 12.1 Å². The third-order valence-electron chi connectivity index (χ3n) is 2.54. The van der Waals surface area contributed by atoms with Crippen molar-refractivity contribution in [2.75, 3.05) is 6.54 Å². The van der Waals surface area contributed by atoms with Crippen molar-refractivity contribution in [2.45, 2.75) is 6.92 Å². The maximum absolute atomic E-state index is 12.8. The lowest BCUT2D eigenvalue weighted by Crippen LogP contribution is -2.30. The quantitative estimate of drug-likeness (QED) is 0.768. The van der Waals surface area contributed by atoms with Gasteiger partial charge >= 0.3 is 6.03 Å². The summed E-state index contributed by atoms with van der Waals surface area (Å²) in [5.41, 5.74) is 6.72. The van der Waals surface area contributed by atoms with E-state index in [0.717, 1.165) is 11.3 Å². The number of primary amides is 1. The molecule has 2 amide bonds. The maximum Gasteiger partial charge on any atom is 0.335 e. The van der Waals surface area contributed by atoms with Crippen molar-refractivity contribution in [1.82, 2.24) is 5.01 Å². The lowest BCUT2D eigenvalue weighted by atomic mass is 9.99. The summed E-state index contributed by atoms with van der Waals surface area (Å²) in [5, 5.41) is 5.35. The van der Waals surface area contributed by atoms with E-state index in [2.05, 4.69) is 5.10 Å². The number of urea groups is 1. The van der Waals surface area contributed by atoms with Crippen LogP contribution in [0.1, 0.15) is 12.5 Å². The van der Waals surface area contributed by atoms with Gasteiger partial charge in [-0.05, 0) is 17.7 Å². The van der Waals surface area contributed by atoms with Crippen LogP contribution in [-0.4, -0.2) is 23.3 Å². The summed E-state index contributed by atoms with van der Waals surface area (Å²) in [7, 11) is 0. The molecule has 1 unspecified atom stereocenters. The first-order valence-electron chi connectivity index (χ1n) is 4.99. The Balaban J connectivity index is 2.30. The van der Waals surface area contributed by atoms with Crippen molar-refractivity contribution in [3.8, 4) is 0 Å². The highest BCUT2D eigenvalue weighted by molar-refractivity contribution is 6.03. The molecule has 0 bridgehead atoms. The van der Waals surface area contributed by atoms with Gasteiger partial charge in [-0.1, -0.05) is 19.1 Å². The van der Waals surface area contributed by atoms with Crippen LogP contribution in [0.15, 0.2) is 29.4 Å². The Kier molecular flexibility index (Phi) is 2.60. The smallest absolute Gasteiger partial charge is 0.335 e.